The summed E-state index contributed by atoms with van der Waals surface area (Å²) in [5.74, 6) is -0.0750. The molecule has 2 aromatic carbocycles. The fraction of sp³-hybridized carbons (Fsp3) is 0.190. The van der Waals surface area contributed by atoms with Crippen LogP contribution in [0.25, 0.3) is 0 Å². The molecule has 1 aromatic heterocycles. The van der Waals surface area contributed by atoms with E-state index < -0.39 is 0 Å². The van der Waals surface area contributed by atoms with Gasteiger partial charge in [-0.15, -0.1) is 11.3 Å². The van der Waals surface area contributed by atoms with Gasteiger partial charge in [0.1, 0.15) is 0 Å². The van der Waals surface area contributed by atoms with Crippen molar-refractivity contribution in [1.82, 2.24) is 4.98 Å². The number of carbonyl (C=O) groups is 1. The van der Waals surface area contributed by atoms with E-state index in [-0.39, 0.29) is 5.91 Å². The third-order valence-corrected chi connectivity index (χ3v) is 5.02. The van der Waals surface area contributed by atoms with Gasteiger partial charge in [0, 0.05) is 12.3 Å². The number of aryl methyl sites for hydroxylation is 3. The van der Waals surface area contributed by atoms with Gasteiger partial charge in [0.2, 0.25) is 5.91 Å². The van der Waals surface area contributed by atoms with E-state index in [0.29, 0.717) is 10.8 Å². The number of carbonyl (C=O) groups excluding carboxylic acids is 1. The number of rotatable bonds is 5. The number of hydrogen-bond acceptors (Lipinski definition) is 5. The topological polar surface area (TPSA) is 57.6 Å². The van der Waals surface area contributed by atoms with Crippen LogP contribution >= 0.6 is 11.3 Å². The highest BCUT2D eigenvalue weighted by Gasteiger charge is 2.18. The monoisotopic (exact) mass is 378 g/mol. The van der Waals surface area contributed by atoms with Gasteiger partial charge < -0.3 is 0 Å². The first kappa shape index (κ1) is 18.8. The van der Waals surface area contributed by atoms with Crippen molar-refractivity contribution in [3.63, 3.8) is 0 Å². The van der Waals surface area contributed by atoms with Crippen LogP contribution in [0.2, 0.25) is 0 Å². The number of hydrazone groups is 1. The van der Waals surface area contributed by atoms with Crippen molar-refractivity contribution in [3.05, 3.63) is 70.2 Å². The van der Waals surface area contributed by atoms with Gasteiger partial charge in [0.05, 0.1) is 23.3 Å². The molecule has 3 rings (SSSR count). The summed E-state index contributed by atoms with van der Waals surface area (Å²) in [6.45, 7) is 7.67. The molecule has 3 aromatic rings. The summed E-state index contributed by atoms with van der Waals surface area (Å²) >= 11 is 1.41. The van der Waals surface area contributed by atoms with Crippen molar-refractivity contribution in [3.8, 4) is 0 Å². The molecule has 1 amide bonds. The van der Waals surface area contributed by atoms with E-state index >= 15 is 0 Å². The van der Waals surface area contributed by atoms with Gasteiger partial charge in [-0.2, -0.15) is 5.10 Å². The van der Waals surface area contributed by atoms with Gasteiger partial charge in [-0.3, -0.25) is 15.1 Å². The summed E-state index contributed by atoms with van der Waals surface area (Å²) in [4.78, 5) is 18.4. The Labute approximate surface area is 163 Å². The Morgan fingerprint density at radius 2 is 1.96 bits per heavy atom. The molecule has 0 fully saturated rings. The number of nitrogens with one attached hydrogen (secondary N) is 1. The van der Waals surface area contributed by atoms with Crippen molar-refractivity contribution < 1.29 is 4.79 Å². The number of amides is 1. The molecule has 0 radical (unpaired) electrons. The fourth-order valence-corrected chi connectivity index (χ4v) is 3.45. The lowest BCUT2D eigenvalue weighted by atomic mass is 10.1. The molecule has 0 aliphatic carbocycles. The lowest BCUT2D eigenvalue weighted by Gasteiger charge is -2.19. The molecule has 138 valence electrons. The molecule has 1 heterocycles. The van der Waals surface area contributed by atoms with Crippen LogP contribution in [-0.2, 0) is 4.79 Å². The van der Waals surface area contributed by atoms with Gasteiger partial charge in [0.15, 0.2) is 5.13 Å². The Morgan fingerprint density at radius 3 is 2.67 bits per heavy atom. The summed E-state index contributed by atoms with van der Waals surface area (Å²) in [5, 5.41) is 6.74. The molecule has 0 bridgehead atoms. The minimum Gasteiger partial charge on any atom is -0.278 e. The van der Waals surface area contributed by atoms with Gasteiger partial charge >= 0.3 is 0 Å². The Bertz CT molecular complexity index is 993. The predicted molar refractivity (Wildman–Crippen MR) is 113 cm³/mol. The average Bonchev–Trinajstić information content (AvgIpc) is 3.06. The minimum absolute atomic E-state index is 0.0750. The van der Waals surface area contributed by atoms with E-state index in [1.165, 1.54) is 16.9 Å². The number of anilines is 3. The minimum atomic E-state index is -0.0750. The molecule has 5 nitrogen and oxygen atoms in total. The lowest BCUT2D eigenvalue weighted by molar-refractivity contribution is -0.115. The summed E-state index contributed by atoms with van der Waals surface area (Å²) < 4.78 is 0. The summed E-state index contributed by atoms with van der Waals surface area (Å²) in [6, 6.07) is 13.9. The summed E-state index contributed by atoms with van der Waals surface area (Å²) in [6.07, 6.45) is 1.65. The molecular formula is C21H22N4OS. The number of aromatic nitrogens is 1. The fourth-order valence-electron chi connectivity index (χ4n) is 2.62. The van der Waals surface area contributed by atoms with Gasteiger partial charge in [0.25, 0.3) is 0 Å². The first-order valence-corrected chi connectivity index (χ1v) is 9.51. The maximum Gasteiger partial charge on any atom is 0.230 e. The normalized spacial score (nSPS) is 11.0. The summed E-state index contributed by atoms with van der Waals surface area (Å²) in [7, 11) is 0. The third kappa shape index (κ3) is 4.60. The molecule has 0 saturated heterocycles. The number of thiazole rings is 1. The van der Waals surface area contributed by atoms with Crippen LogP contribution in [0.1, 0.15) is 29.3 Å². The molecule has 0 spiro atoms. The Kier molecular flexibility index (Phi) is 5.66. The molecule has 1 N–H and O–H groups in total. The van der Waals surface area contributed by atoms with E-state index in [4.69, 9.17) is 0 Å². The van der Waals surface area contributed by atoms with Crippen molar-refractivity contribution >= 4 is 40.0 Å². The zero-order valence-electron chi connectivity index (χ0n) is 15.9. The molecule has 0 unspecified atom stereocenters. The first-order chi connectivity index (χ1) is 12.9. The molecular weight excluding hydrogens is 356 g/mol. The van der Waals surface area contributed by atoms with Crippen LogP contribution in [0.5, 0.6) is 0 Å². The smallest absolute Gasteiger partial charge is 0.230 e. The number of hydrogen-bond donors (Lipinski definition) is 1. The van der Waals surface area contributed by atoms with E-state index in [1.54, 1.807) is 18.0 Å². The second-order valence-corrected chi connectivity index (χ2v) is 7.25. The SMILES string of the molecule is CC(=O)N(c1ccc(C)c(C)c1)c1nc(/C=N\Nc2cccc(C)c2)cs1. The highest BCUT2D eigenvalue weighted by atomic mass is 32.1. The zero-order chi connectivity index (χ0) is 19.4. The number of benzene rings is 2. The van der Waals surface area contributed by atoms with Crippen molar-refractivity contribution in [2.45, 2.75) is 27.7 Å². The molecule has 0 aliphatic heterocycles. The first-order valence-electron chi connectivity index (χ1n) is 8.63. The van der Waals surface area contributed by atoms with E-state index in [0.717, 1.165) is 22.5 Å². The molecule has 6 heteroatoms. The second kappa shape index (κ2) is 8.14. The van der Waals surface area contributed by atoms with Crippen LogP contribution in [0.4, 0.5) is 16.5 Å². The quantitative estimate of drug-likeness (QED) is 0.490. The molecule has 27 heavy (non-hydrogen) atoms. The van der Waals surface area contributed by atoms with Crippen LogP contribution in [0.3, 0.4) is 0 Å². The van der Waals surface area contributed by atoms with Crippen LogP contribution in [0, 0.1) is 20.8 Å². The largest absolute Gasteiger partial charge is 0.278 e. The third-order valence-electron chi connectivity index (χ3n) is 4.17. The van der Waals surface area contributed by atoms with E-state index in [9.17, 15) is 4.79 Å². The number of nitrogens with zero attached hydrogens (tertiary/aromatic N) is 3. The van der Waals surface area contributed by atoms with Crippen molar-refractivity contribution in [2.24, 2.45) is 5.10 Å². The Balaban J connectivity index is 1.78. The van der Waals surface area contributed by atoms with Crippen molar-refractivity contribution in [2.75, 3.05) is 10.3 Å². The zero-order valence-corrected chi connectivity index (χ0v) is 16.7. The second-order valence-electron chi connectivity index (χ2n) is 6.42. The summed E-state index contributed by atoms with van der Waals surface area (Å²) in [5.41, 5.74) is 8.93. The van der Waals surface area contributed by atoms with Crippen molar-refractivity contribution in [1.29, 1.82) is 0 Å². The van der Waals surface area contributed by atoms with Crippen LogP contribution in [0.15, 0.2) is 52.9 Å². The van der Waals surface area contributed by atoms with E-state index in [1.807, 2.05) is 61.7 Å². The van der Waals surface area contributed by atoms with Gasteiger partial charge in [-0.05, 0) is 61.7 Å². The maximum absolute atomic E-state index is 12.2. The predicted octanol–water partition coefficient (Wildman–Crippen LogP) is 5.20. The lowest BCUT2D eigenvalue weighted by Crippen LogP contribution is -2.22. The molecule has 0 saturated carbocycles. The average molecular weight is 379 g/mol. The Hall–Kier alpha value is -2.99. The Morgan fingerprint density at radius 1 is 1.15 bits per heavy atom. The maximum atomic E-state index is 12.2. The van der Waals surface area contributed by atoms with Gasteiger partial charge in [-0.25, -0.2) is 4.98 Å². The van der Waals surface area contributed by atoms with Gasteiger partial charge in [-0.1, -0.05) is 18.2 Å². The van der Waals surface area contributed by atoms with E-state index in [2.05, 4.69) is 22.4 Å². The standard InChI is InChI=1S/C21H22N4OS/c1-14-6-5-7-18(10-14)24-22-12-19-13-27-21(23-19)25(17(4)26)20-9-8-15(2)16(3)11-20/h5-13,24H,1-4H3/b22-12-. The highest BCUT2D eigenvalue weighted by molar-refractivity contribution is 7.14. The molecule has 0 atom stereocenters. The molecule has 0 aliphatic rings. The van der Waals surface area contributed by atoms with Crippen LogP contribution < -0.4 is 10.3 Å². The van der Waals surface area contributed by atoms with Crippen LogP contribution in [-0.4, -0.2) is 17.1 Å². The highest BCUT2D eigenvalue weighted by Crippen LogP contribution is 2.29.